The van der Waals surface area contributed by atoms with Gasteiger partial charge in [-0.05, 0) is 43.3 Å². The lowest BCUT2D eigenvalue weighted by atomic mass is 10.2. The minimum absolute atomic E-state index is 0.113. The first kappa shape index (κ1) is 22.1. The molecule has 0 radical (unpaired) electrons. The first-order valence-corrected chi connectivity index (χ1v) is 10.9. The highest BCUT2D eigenvalue weighted by Crippen LogP contribution is 2.29. The normalized spacial score (nSPS) is 14.5. The predicted molar refractivity (Wildman–Crippen MR) is 122 cm³/mol. The van der Waals surface area contributed by atoms with Gasteiger partial charge in [0, 0.05) is 21.6 Å². The van der Waals surface area contributed by atoms with Crippen LogP contribution in [0.1, 0.15) is 17.4 Å². The Morgan fingerprint density at radius 1 is 1.22 bits per heavy atom. The zero-order valence-corrected chi connectivity index (χ0v) is 18.5. The van der Waals surface area contributed by atoms with Crippen molar-refractivity contribution in [2.24, 2.45) is 0 Å². The van der Waals surface area contributed by atoms with Gasteiger partial charge in [-0.2, -0.15) is 0 Å². The highest BCUT2D eigenvalue weighted by Gasteiger charge is 2.25. The van der Waals surface area contributed by atoms with E-state index in [4.69, 9.17) is 16.3 Å². The number of piperazine rings is 1. The molecule has 32 heavy (non-hydrogen) atoms. The molecule has 3 aromatic rings. The summed E-state index contributed by atoms with van der Waals surface area (Å²) in [5.74, 6) is -1.29. The molecular formula is C23H25ClFN4O3+. The van der Waals surface area contributed by atoms with E-state index in [2.05, 4.69) is 15.2 Å². The number of carbonyl (C=O) groups excluding carboxylic acids is 2. The Bertz CT molecular complexity index is 1140. The average Bonchev–Trinajstić information content (AvgIpc) is 3.12. The van der Waals surface area contributed by atoms with Gasteiger partial charge in [0.2, 0.25) is 0 Å². The lowest BCUT2D eigenvalue weighted by molar-refractivity contribution is -0.892. The third kappa shape index (κ3) is 4.87. The number of H-pyrrole nitrogens is 1. The van der Waals surface area contributed by atoms with Crippen LogP contribution in [-0.2, 0) is 9.53 Å². The number of aromatic amines is 1. The third-order valence-electron chi connectivity index (χ3n) is 5.56. The van der Waals surface area contributed by atoms with Crippen molar-refractivity contribution in [3.8, 4) is 0 Å². The molecule has 1 aliphatic heterocycles. The average molecular weight is 460 g/mol. The van der Waals surface area contributed by atoms with E-state index in [9.17, 15) is 14.0 Å². The van der Waals surface area contributed by atoms with Crippen molar-refractivity contribution < 1.29 is 23.6 Å². The molecule has 3 N–H and O–H groups in total. The monoisotopic (exact) mass is 459 g/mol. The number of carbonyl (C=O) groups is 2. The van der Waals surface area contributed by atoms with Crippen molar-refractivity contribution in [1.29, 1.82) is 0 Å². The van der Waals surface area contributed by atoms with Gasteiger partial charge in [0.1, 0.15) is 11.5 Å². The Kier molecular flexibility index (Phi) is 6.62. The fraction of sp³-hybridized carbons (Fsp3) is 0.304. The smallest absolute Gasteiger partial charge is 0.356 e. The van der Waals surface area contributed by atoms with Crippen LogP contribution in [0.5, 0.6) is 0 Å². The Hall–Kier alpha value is -3.10. The zero-order chi connectivity index (χ0) is 22.7. The van der Waals surface area contributed by atoms with E-state index in [0.29, 0.717) is 15.9 Å². The molecule has 1 amide bonds. The van der Waals surface area contributed by atoms with E-state index in [1.165, 1.54) is 18.2 Å². The van der Waals surface area contributed by atoms with Crippen LogP contribution in [0.3, 0.4) is 0 Å². The number of hydrogen-bond acceptors (Lipinski definition) is 4. The van der Waals surface area contributed by atoms with Gasteiger partial charge >= 0.3 is 5.97 Å². The van der Waals surface area contributed by atoms with Gasteiger partial charge in [-0.15, -0.1) is 0 Å². The number of rotatable bonds is 6. The quantitative estimate of drug-likeness (QED) is 0.495. The molecule has 0 spiro atoms. The number of amides is 1. The molecule has 1 aromatic heterocycles. The second-order valence-corrected chi connectivity index (χ2v) is 8.16. The van der Waals surface area contributed by atoms with Crippen LogP contribution in [0.2, 0.25) is 5.02 Å². The van der Waals surface area contributed by atoms with Crippen LogP contribution in [0, 0.1) is 5.82 Å². The maximum absolute atomic E-state index is 13.8. The summed E-state index contributed by atoms with van der Waals surface area (Å²) in [6, 6.07) is 11.9. The lowest BCUT2D eigenvalue weighted by Gasteiger charge is -2.33. The highest BCUT2D eigenvalue weighted by molar-refractivity contribution is 6.30. The Labute approximate surface area is 190 Å². The van der Waals surface area contributed by atoms with Gasteiger partial charge < -0.3 is 24.8 Å². The number of quaternary nitrogens is 1. The summed E-state index contributed by atoms with van der Waals surface area (Å²) in [5, 5.41) is 3.94. The molecule has 0 bridgehead atoms. The summed E-state index contributed by atoms with van der Waals surface area (Å²) in [7, 11) is 0. The Morgan fingerprint density at radius 3 is 2.72 bits per heavy atom. The Morgan fingerprint density at radius 2 is 2.00 bits per heavy atom. The summed E-state index contributed by atoms with van der Waals surface area (Å²) in [4.78, 5) is 31.5. The number of nitrogens with one attached hydrogen (secondary N) is 3. The van der Waals surface area contributed by atoms with Crippen molar-refractivity contribution in [2.75, 3.05) is 49.5 Å². The molecule has 0 saturated carbocycles. The van der Waals surface area contributed by atoms with E-state index >= 15 is 0 Å². The first-order chi connectivity index (χ1) is 15.4. The van der Waals surface area contributed by atoms with Crippen molar-refractivity contribution in [1.82, 2.24) is 4.98 Å². The highest BCUT2D eigenvalue weighted by atomic mass is 35.5. The number of esters is 1. The number of aromatic nitrogens is 1. The van der Waals surface area contributed by atoms with Crippen molar-refractivity contribution in [2.45, 2.75) is 6.92 Å². The van der Waals surface area contributed by atoms with Crippen LogP contribution in [0.15, 0.2) is 42.5 Å². The minimum atomic E-state index is -0.595. The number of anilines is 2. The van der Waals surface area contributed by atoms with Crippen molar-refractivity contribution in [3.05, 3.63) is 59.0 Å². The summed E-state index contributed by atoms with van der Waals surface area (Å²) < 4.78 is 18.9. The van der Waals surface area contributed by atoms with Crippen LogP contribution in [0.4, 0.5) is 15.8 Å². The predicted octanol–water partition coefficient (Wildman–Crippen LogP) is 2.48. The molecule has 168 valence electrons. The molecule has 4 rings (SSSR count). The molecule has 7 nitrogen and oxygen atoms in total. The number of halogens is 2. The Balaban J connectivity index is 1.43. The summed E-state index contributed by atoms with van der Waals surface area (Å²) >= 11 is 6.09. The summed E-state index contributed by atoms with van der Waals surface area (Å²) in [6.45, 7) is 5.31. The fourth-order valence-electron chi connectivity index (χ4n) is 3.99. The van der Waals surface area contributed by atoms with E-state index < -0.39 is 11.8 Å². The zero-order valence-electron chi connectivity index (χ0n) is 17.7. The summed E-state index contributed by atoms with van der Waals surface area (Å²) in [6.07, 6.45) is 0. The topological polar surface area (TPSA) is 78.9 Å². The number of benzene rings is 2. The van der Waals surface area contributed by atoms with Gasteiger partial charge in [0.25, 0.3) is 5.91 Å². The van der Waals surface area contributed by atoms with Crippen LogP contribution >= 0.6 is 11.6 Å². The second kappa shape index (κ2) is 9.58. The van der Waals surface area contributed by atoms with Gasteiger partial charge in [-0.25, -0.2) is 9.18 Å². The lowest BCUT2D eigenvalue weighted by Crippen LogP contribution is -3.15. The largest absolute Gasteiger partial charge is 0.461 e. The second-order valence-electron chi connectivity index (χ2n) is 7.73. The number of nitrogens with zero attached hydrogens (tertiary/aromatic N) is 1. The first-order valence-electron chi connectivity index (χ1n) is 10.6. The third-order valence-corrected chi connectivity index (χ3v) is 5.79. The molecule has 2 aromatic carbocycles. The number of fused-ring (bicyclic) bond motifs is 1. The minimum Gasteiger partial charge on any atom is -0.461 e. The van der Waals surface area contributed by atoms with Crippen LogP contribution < -0.4 is 15.1 Å². The van der Waals surface area contributed by atoms with E-state index in [1.54, 1.807) is 6.92 Å². The van der Waals surface area contributed by atoms with Crippen LogP contribution in [0.25, 0.3) is 10.9 Å². The molecule has 0 unspecified atom stereocenters. The van der Waals surface area contributed by atoms with Gasteiger partial charge in [-0.3, -0.25) is 4.79 Å². The fourth-order valence-corrected chi connectivity index (χ4v) is 4.18. The molecule has 2 heterocycles. The molecule has 0 atom stereocenters. The summed E-state index contributed by atoms with van der Waals surface area (Å²) in [5.41, 5.74) is 1.98. The van der Waals surface area contributed by atoms with Crippen molar-refractivity contribution >= 4 is 45.8 Å². The van der Waals surface area contributed by atoms with Gasteiger partial charge in [-0.1, -0.05) is 17.7 Å². The maximum atomic E-state index is 13.8. The molecule has 1 aliphatic rings. The van der Waals surface area contributed by atoms with Gasteiger partial charge in [0.05, 0.1) is 38.5 Å². The molecule has 1 fully saturated rings. The SMILES string of the molecule is CCOC(=O)c1[nH]c2ccc(F)cc2c1NC(=O)C[NH+]1CCN(c2cccc(Cl)c2)CC1. The maximum Gasteiger partial charge on any atom is 0.356 e. The number of hydrogen-bond donors (Lipinski definition) is 3. The van der Waals surface area contributed by atoms with Crippen LogP contribution in [-0.4, -0.2) is 56.2 Å². The van der Waals surface area contributed by atoms with E-state index in [0.717, 1.165) is 36.8 Å². The molecule has 1 saturated heterocycles. The standard InChI is InChI=1S/C23H24ClFN4O3/c1-2-32-23(31)22-21(18-13-16(25)6-7-19(18)26-22)27-20(30)14-28-8-10-29(11-9-28)17-5-3-4-15(24)12-17/h3-7,12-13,26H,2,8-11,14H2,1H3,(H,27,30)/p+1. The molecule has 9 heteroatoms. The van der Waals surface area contributed by atoms with E-state index in [-0.39, 0.29) is 30.4 Å². The number of ether oxygens (including phenoxy) is 1. The van der Waals surface area contributed by atoms with Gasteiger partial charge in [0.15, 0.2) is 6.54 Å². The molecular weight excluding hydrogens is 435 g/mol. The molecule has 0 aliphatic carbocycles. The van der Waals surface area contributed by atoms with E-state index in [1.807, 2.05) is 24.3 Å². The van der Waals surface area contributed by atoms with Crippen molar-refractivity contribution in [3.63, 3.8) is 0 Å².